The van der Waals surface area contributed by atoms with E-state index in [-0.39, 0.29) is 5.92 Å². The van der Waals surface area contributed by atoms with Crippen LogP contribution in [0.1, 0.15) is 46.5 Å². The number of aliphatic hydroxyl groups is 1. The summed E-state index contributed by atoms with van der Waals surface area (Å²) in [6.07, 6.45) is 0.119. The molecule has 1 N–H and O–H groups in total. The summed E-state index contributed by atoms with van der Waals surface area (Å²) >= 11 is 0. The van der Waals surface area contributed by atoms with Crippen LogP contribution in [0.2, 0.25) is 0 Å². The summed E-state index contributed by atoms with van der Waals surface area (Å²) in [7, 11) is 0. The number of allylic oxidation sites excluding steroid dienone is 1. The van der Waals surface area contributed by atoms with E-state index in [0.29, 0.717) is 42.6 Å². The van der Waals surface area contributed by atoms with Gasteiger partial charge in [-0.3, -0.25) is 9.59 Å². The number of aliphatic hydroxyl groups excluding tert-OH is 1. The summed E-state index contributed by atoms with van der Waals surface area (Å²) in [6, 6.07) is 0. The van der Waals surface area contributed by atoms with E-state index in [2.05, 4.69) is 6.58 Å². The first-order valence-corrected chi connectivity index (χ1v) is 10.2. The summed E-state index contributed by atoms with van der Waals surface area (Å²) < 4.78 is 17.5. The first-order chi connectivity index (χ1) is 13.6. The van der Waals surface area contributed by atoms with Crippen LogP contribution in [0.4, 0.5) is 0 Å². The Morgan fingerprint density at radius 1 is 1.34 bits per heavy atom. The van der Waals surface area contributed by atoms with Gasteiger partial charge in [0.1, 0.15) is 29.7 Å². The molecule has 7 nitrogen and oxygen atoms in total. The summed E-state index contributed by atoms with van der Waals surface area (Å²) in [6.45, 7) is 9.42. The van der Waals surface area contributed by atoms with E-state index in [1.165, 1.54) is 6.92 Å². The minimum atomic E-state index is -1.32. The maximum absolute atomic E-state index is 13.5. The van der Waals surface area contributed by atoms with Crippen LogP contribution in [0.25, 0.3) is 0 Å². The molecule has 0 unspecified atom stereocenters. The van der Waals surface area contributed by atoms with Gasteiger partial charge in [0.05, 0.1) is 5.41 Å². The zero-order valence-electron chi connectivity index (χ0n) is 16.9. The van der Waals surface area contributed by atoms with E-state index < -0.39 is 52.6 Å². The molecule has 5 aliphatic rings. The zero-order valence-corrected chi connectivity index (χ0v) is 16.9. The molecule has 2 heterocycles. The maximum Gasteiger partial charge on any atom is 0.320 e. The van der Waals surface area contributed by atoms with Crippen molar-refractivity contribution in [2.24, 2.45) is 28.1 Å². The molecule has 1 saturated heterocycles. The number of hydrogen-bond acceptors (Lipinski definition) is 7. The maximum atomic E-state index is 13.5. The lowest BCUT2D eigenvalue weighted by atomic mass is 9.45. The first-order valence-electron chi connectivity index (χ1n) is 10.2. The summed E-state index contributed by atoms with van der Waals surface area (Å²) in [5.41, 5.74) is -1.73. The Morgan fingerprint density at radius 3 is 2.72 bits per heavy atom. The minimum Gasteiger partial charge on any atom is -0.469 e. The van der Waals surface area contributed by atoms with E-state index in [0.717, 1.165) is 6.29 Å². The fourth-order valence-corrected chi connectivity index (χ4v) is 7.03. The van der Waals surface area contributed by atoms with Crippen molar-refractivity contribution in [2.75, 3.05) is 0 Å². The van der Waals surface area contributed by atoms with Gasteiger partial charge >= 0.3 is 11.9 Å². The molecule has 3 aliphatic carbocycles. The Labute approximate surface area is 169 Å². The molecule has 2 bridgehead atoms. The Hall–Kier alpha value is -2.15. The highest BCUT2D eigenvalue weighted by Gasteiger charge is 2.77. The standard InChI is InChI=1S/C22H26O7/c1-10-12-7-13-15-21(8-12,17(10)27-11(2)24)19(26)29-14-5-6-20(3,4)16(18(25)28-13)22(14,15)9-23/h9,12,14,16-18,25H,1,5-8H2,2-4H3/t12-,14+,16-,17-,18+,21+,22+/m1/s1. The quantitative estimate of drug-likeness (QED) is 0.429. The molecular formula is C22H26O7. The molecule has 3 fully saturated rings. The van der Waals surface area contributed by atoms with Gasteiger partial charge in [-0.05, 0) is 36.2 Å². The predicted octanol–water partition coefficient (Wildman–Crippen LogP) is 2.03. The van der Waals surface area contributed by atoms with Crippen LogP contribution in [0.15, 0.2) is 23.5 Å². The highest BCUT2D eigenvalue weighted by atomic mass is 16.6. The number of carbonyl (C=O) groups excluding carboxylic acids is 3. The Balaban J connectivity index is 1.81. The Bertz CT molecular complexity index is 886. The summed E-state index contributed by atoms with van der Waals surface area (Å²) in [4.78, 5) is 38.2. The molecule has 2 aliphatic heterocycles. The normalized spacial score (nSPS) is 46.4. The Morgan fingerprint density at radius 2 is 2.07 bits per heavy atom. The number of ether oxygens (including phenoxy) is 3. The number of hydrogen-bond donors (Lipinski definition) is 1. The second-order valence-corrected chi connectivity index (χ2v) is 9.90. The molecule has 5 rings (SSSR count). The third-order valence-electron chi connectivity index (χ3n) is 8.05. The van der Waals surface area contributed by atoms with E-state index in [1.54, 1.807) is 0 Å². The van der Waals surface area contributed by atoms with Crippen LogP contribution in [0.3, 0.4) is 0 Å². The molecular weight excluding hydrogens is 376 g/mol. The third-order valence-corrected chi connectivity index (χ3v) is 8.05. The van der Waals surface area contributed by atoms with Crippen molar-refractivity contribution >= 4 is 18.2 Å². The van der Waals surface area contributed by atoms with E-state index in [9.17, 15) is 19.5 Å². The van der Waals surface area contributed by atoms with Gasteiger partial charge in [-0.15, -0.1) is 0 Å². The van der Waals surface area contributed by atoms with Crippen LogP contribution in [-0.4, -0.2) is 41.8 Å². The lowest BCUT2D eigenvalue weighted by Crippen LogP contribution is -2.69. The van der Waals surface area contributed by atoms with Gasteiger partial charge in [0.2, 0.25) is 6.29 Å². The van der Waals surface area contributed by atoms with Crippen molar-refractivity contribution < 1.29 is 33.7 Å². The van der Waals surface area contributed by atoms with Crippen LogP contribution in [0.5, 0.6) is 0 Å². The highest BCUT2D eigenvalue weighted by Crippen LogP contribution is 2.71. The Kier molecular flexibility index (Phi) is 3.58. The van der Waals surface area contributed by atoms with Crippen LogP contribution in [-0.2, 0) is 28.6 Å². The highest BCUT2D eigenvalue weighted by molar-refractivity contribution is 5.91. The molecule has 0 amide bonds. The fraction of sp³-hybridized carbons (Fsp3) is 0.682. The third kappa shape index (κ3) is 2.00. The average Bonchev–Trinajstić information content (AvgIpc) is 2.84. The van der Waals surface area contributed by atoms with E-state index >= 15 is 0 Å². The SMILES string of the molecule is C=C1[C@@H]2CC3=C4[C@](C2)(C(=O)O[C@H]2CCC(C)(C)[C@@H]([C@@H](O)O3)[C@]42C=O)[C@@H]1OC(C)=O. The molecule has 2 saturated carbocycles. The molecule has 0 aromatic rings. The molecule has 7 heteroatoms. The summed E-state index contributed by atoms with van der Waals surface area (Å²) in [5.74, 6) is -1.26. The first kappa shape index (κ1) is 18.9. The topological polar surface area (TPSA) is 99.1 Å². The van der Waals surface area contributed by atoms with Gasteiger partial charge < -0.3 is 24.1 Å². The van der Waals surface area contributed by atoms with Crippen LogP contribution in [0, 0.1) is 28.1 Å². The van der Waals surface area contributed by atoms with Crippen molar-refractivity contribution in [3.05, 3.63) is 23.5 Å². The van der Waals surface area contributed by atoms with E-state index in [1.807, 2.05) is 13.8 Å². The molecule has 0 aromatic carbocycles. The minimum absolute atomic E-state index is 0.147. The smallest absolute Gasteiger partial charge is 0.320 e. The lowest BCUT2D eigenvalue weighted by Gasteiger charge is -2.63. The van der Waals surface area contributed by atoms with Crippen molar-refractivity contribution in [2.45, 2.75) is 65.0 Å². The van der Waals surface area contributed by atoms with Crippen molar-refractivity contribution in [1.82, 2.24) is 0 Å². The van der Waals surface area contributed by atoms with Gasteiger partial charge in [0, 0.05) is 24.8 Å². The summed E-state index contributed by atoms with van der Waals surface area (Å²) in [5, 5.41) is 11.0. The largest absolute Gasteiger partial charge is 0.469 e. The fourth-order valence-electron chi connectivity index (χ4n) is 7.03. The average molecular weight is 402 g/mol. The second-order valence-electron chi connectivity index (χ2n) is 9.90. The molecule has 7 atom stereocenters. The van der Waals surface area contributed by atoms with Gasteiger partial charge in [0.25, 0.3) is 0 Å². The van der Waals surface area contributed by atoms with Crippen LogP contribution < -0.4 is 0 Å². The number of esters is 2. The molecule has 0 aromatic heterocycles. The van der Waals surface area contributed by atoms with E-state index in [4.69, 9.17) is 14.2 Å². The van der Waals surface area contributed by atoms with Gasteiger partial charge in [-0.2, -0.15) is 0 Å². The number of aldehydes is 1. The second kappa shape index (κ2) is 5.50. The van der Waals surface area contributed by atoms with Crippen molar-refractivity contribution in [1.29, 1.82) is 0 Å². The van der Waals surface area contributed by atoms with Gasteiger partial charge in [0.15, 0.2) is 0 Å². The molecule has 156 valence electrons. The molecule has 0 radical (unpaired) electrons. The predicted molar refractivity (Wildman–Crippen MR) is 98.9 cm³/mol. The number of carbonyl (C=O) groups is 3. The van der Waals surface area contributed by atoms with Crippen LogP contribution >= 0.6 is 0 Å². The monoisotopic (exact) mass is 402 g/mol. The molecule has 29 heavy (non-hydrogen) atoms. The number of fused-ring (bicyclic) bond motifs is 1. The van der Waals surface area contributed by atoms with Crippen molar-refractivity contribution in [3.8, 4) is 0 Å². The zero-order chi connectivity index (χ0) is 20.9. The van der Waals surface area contributed by atoms with Gasteiger partial charge in [-0.1, -0.05) is 20.4 Å². The van der Waals surface area contributed by atoms with Gasteiger partial charge in [-0.25, -0.2) is 0 Å². The number of rotatable bonds is 2. The lowest BCUT2D eigenvalue weighted by molar-refractivity contribution is -0.250. The van der Waals surface area contributed by atoms with Crippen molar-refractivity contribution in [3.63, 3.8) is 0 Å². The molecule has 1 spiro atoms.